The Morgan fingerprint density at radius 1 is 0.971 bits per heavy atom. The fourth-order valence-electron chi connectivity index (χ4n) is 4.99. The fourth-order valence-corrected chi connectivity index (χ4v) is 4.99. The summed E-state index contributed by atoms with van der Waals surface area (Å²) in [5.41, 5.74) is 7.88. The monoisotopic (exact) mass is 466 g/mol. The second-order valence-corrected chi connectivity index (χ2v) is 9.12. The maximum atomic E-state index is 15.5. The molecule has 2 aliphatic rings. The molecule has 1 aliphatic carbocycles. The number of ether oxygens (including phenoxy) is 1. The molecule has 1 saturated heterocycles. The Morgan fingerprint density at radius 2 is 1.71 bits per heavy atom. The maximum absolute atomic E-state index is 15.5. The van der Waals surface area contributed by atoms with Crippen molar-refractivity contribution in [2.75, 3.05) is 0 Å². The molecule has 0 radical (unpaired) electrons. The van der Waals surface area contributed by atoms with Crippen LogP contribution in [0.5, 0.6) is 0 Å². The Balaban J connectivity index is 1.39. The molecular formula is C27H25F3N2O2. The molecule has 1 saturated carbocycles. The average Bonchev–Trinajstić information content (AvgIpc) is 3.57. The van der Waals surface area contributed by atoms with E-state index < -0.39 is 29.6 Å². The molecule has 2 fully saturated rings. The van der Waals surface area contributed by atoms with Crippen LogP contribution < -0.4 is 5.73 Å². The van der Waals surface area contributed by atoms with Crippen molar-refractivity contribution in [3.63, 3.8) is 0 Å². The molecule has 4 nitrogen and oxygen atoms in total. The largest absolute Gasteiger partial charge is 0.445 e. The van der Waals surface area contributed by atoms with E-state index in [0.29, 0.717) is 11.5 Å². The smallest absolute Gasteiger partial charge is 0.410 e. The number of nitrogens with two attached hydrogens (primary N) is 1. The quantitative estimate of drug-likeness (QED) is 0.545. The molecule has 3 aromatic rings. The lowest BCUT2D eigenvalue weighted by atomic mass is 9.90. The van der Waals surface area contributed by atoms with Crippen LogP contribution >= 0.6 is 0 Å². The highest BCUT2D eigenvalue weighted by Crippen LogP contribution is 2.46. The Morgan fingerprint density at radius 3 is 2.44 bits per heavy atom. The van der Waals surface area contributed by atoms with E-state index in [1.165, 1.54) is 6.07 Å². The molecule has 4 unspecified atom stereocenters. The van der Waals surface area contributed by atoms with Gasteiger partial charge >= 0.3 is 6.09 Å². The first kappa shape index (κ1) is 22.5. The van der Waals surface area contributed by atoms with Gasteiger partial charge in [0.15, 0.2) is 0 Å². The van der Waals surface area contributed by atoms with Gasteiger partial charge in [0.2, 0.25) is 0 Å². The summed E-state index contributed by atoms with van der Waals surface area (Å²) in [6, 6.07) is 16.3. The lowest BCUT2D eigenvalue weighted by Crippen LogP contribution is -2.56. The minimum Gasteiger partial charge on any atom is -0.445 e. The Labute approximate surface area is 196 Å². The SMILES string of the molecule is NC1CC2CC2N(C(=O)OCc2ccccc2)C1Cc1cccc(-c2cc(F)cc(F)c2)c1F. The maximum Gasteiger partial charge on any atom is 0.410 e. The second kappa shape index (κ2) is 9.14. The predicted molar refractivity (Wildman–Crippen MR) is 122 cm³/mol. The Kier molecular flexibility index (Phi) is 6.04. The number of likely N-dealkylation sites (tertiary alicyclic amines) is 1. The normalized spacial score (nSPS) is 23.4. The van der Waals surface area contributed by atoms with E-state index in [2.05, 4.69) is 0 Å². The van der Waals surface area contributed by atoms with Gasteiger partial charge in [-0.25, -0.2) is 18.0 Å². The summed E-state index contributed by atoms with van der Waals surface area (Å²) in [6.45, 7) is 0.143. The molecule has 1 amide bonds. The lowest BCUT2D eigenvalue weighted by Gasteiger charge is -2.39. The molecule has 5 rings (SSSR count). The molecule has 0 bridgehead atoms. The predicted octanol–water partition coefficient (Wildman–Crippen LogP) is 5.44. The number of hydrogen-bond donors (Lipinski definition) is 1. The van der Waals surface area contributed by atoms with Crippen molar-refractivity contribution in [3.05, 3.63) is 95.3 Å². The van der Waals surface area contributed by atoms with Gasteiger partial charge in [0.1, 0.15) is 24.1 Å². The number of carbonyl (C=O) groups excluding carboxylic acids is 1. The topological polar surface area (TPSA) is 55.6 Å². The molecule has 0 spiro atoms. The summed E-state index contributed by atoms with van der Waals surface area (Å²) < 4.78 is 48.5. The summed E-state index contributed by atoms with van der Waals surface area (Å²) in [5.74, 6) is -1.79. The zero-order valence-corrected chi connectivity index (χ0v) is 18.5. The first-order chi connectivity index (χ1) is 16.4. The third-order valence-electron chi connectivity index (χ3n) is 6.77. The highest BCUT2D eigenvalue weighted by molar-refractivity contribution is 5.70. The van der Waals surface area contributed by atoms with Crippen LogP contribution in [0.2, 0.25) is 0 Å². The number of halogens is 3. The number of hydrogen-bond acceptors (Lipinski definition) is 3. The van der Waals surface area contributed by atoms with Crippen molar-refractivity contribution in [2.24, 2.45) is 11.7 Å². The lowest BCUT2D eigenvalue weighted by molar-refractivity contribution is 0.0574. The number of amides is 1. The zero-order valence-electron chi connectivity index (χ0n) is 18.5. The van der Waals surface area contributed by atoms with Gasteiger partial charge in [0, 0.05) is 23.7 Å². The minimum absolute atomic E-state index is 0.0385. The fraction of sp³-hybridized carbons (Fsp3) is 0.296. The van der Waals surface area contributed by atoms with Crippen LogP contribution in [-0.2, 0) is 17.8 Å². The van der Waals surface area contributed by atoms with Gasteiger partial charge in [-0.05, 0) is 54.0 Å². The van der Waals surface area contributed by atoms with Crippen molar-refractivity contribution in [1.29, 1.82) is 0 Å². The van der Waals surface area contributed by atoms with Crippen LogP contribution in [0.1, 0.15) is 24.0 Å². The van der Waals surface area contributed by atoms with Gasteiger partial charge in [-0.1, -0.05) is 48.5 Å². The van der Waals surface area contributed by atoms with Crippen LogP contribution in [-0.4, -0.2) is 29.1 Å². The van der Waals surface area contributed by atoms with E-state index in [9.17, 15) is 13.6 Å². The van der Waals surface area contributed by atoms with E-state index >= 15 is 4.39 Å². The summed E-state index contributed by atoms with van der Waals surface area (Å²) in [4.78, 5) is 14.8. The van der Waals surface area contributed by atoms with Crippen molar-refractivity contribution < 1.29 is 22.7 Å². The van der Waals surface area contributed by atoms with E-state index in [1.54, 1.807) is 17.0 Å². The molecule has 2 N–H and O–H groups in total. The Hall–Kier alpha value is -3.32. The van der Waals surface area contributed by atoms with Gasteiger partial charge < -0.3 is 15.4 Å². The number of carbonyl (C=O) groups is 1. The summed E-state index contributed by atoms with van der Waals surface area (Å²) >= 11 is 0. The van der Waals surface area contributed by atoms with Crippen molar-refractivity contribution in [1.82, 2.24) is 4.90 Å². The number of benzene rings is 3. The summed E-state index contributed by atoms with van der Waals surface area (Å²) in [5, 5.41) is 0. The molecule has 34 heavy (non-hydrogen) atoms. The highest BCUT2D eigenvalue weighted by Gasteiger charge is 2.53. The summed E-state index contributed by atoms with van der Waals surface area (Å²) in [6.07, 6.45) is 1.34. The van der Waals surface area contributed by atoms with Gasteiger partial charge in [-0.2, -0.15) is 0 Å². The second-order valence-electron chi connectivity index (χ2n) is 9.12. The van der Waals surface area contributed by atoms with E-state index in [0.717, 1.165) is 36.6 Å². The van der Waals surface area contributed by atoms with Crippen LogP contribution in [0.15, 0.2) is 66.7 Å². The van der Waals surface area contributed by atoms with E-state index in [1.807, 2.05) is 30.3 Å². The van der Waals surface area contributed by atoms with Gasteiger partial charge in [0.05, 0.1) is 6.04 Å². The third-order valence-corrected chi connectivity index (χ3v) is 6.77. The van der Waals surface area contributed by atoms with Crippen molar-refractivity contribution >= 4 is 6.09 Å². The van der Waals surface area contributed by atoms with Gasteiger partial charge in [-0.3, -0.25) is 0 Å². The number of piperidine rings is 1. The Bertz CT molecular complexity index is 1180. The van der Waals surface area contributed by atoms with E-state index in [4.69, 9.17) is 10.5 Å². The molecule has 1 aliphatic heterocycles. The van der Waals surface area contributed by atoms with E-state index in [-0.39, 0.29) is 36.2 Å². The first-order valence-electron chi connectivity index (χ1n) is 11.4. The molecule has 1 heterocycles. The standard InChI is InChI=1S/C27H25F3N2O2/c28-20-9-18(10-21(29)14-20)22-8-4-7-17(26(22)30)12-25-23(31)11-19-13-24(19)32(25)27(33)34-15-16-5-2-1-3-6-16/h1-10,14,19,23-25H,11-13,15,31H2. The van der Waals surface area contributed by atoms with Gasteiger partial charge in [0.25, 0.3) is 0 Å². The van der Waals surface area contributed by atoms with Crippen LogP contribution in [0, 0.1) is 23.4 Å². The molecular weight excluding hydrogens is 441 g/mol. The molecule has 3 aromatic carbocycles. The van der Waals surface area contributed by atoms with Crippen LogP contribution in [0.3, 0.4) is 0 Å². The van der Waals surface area contributed by atoms with Crippen LogP contribution in [0.25, 0.3) is 11.1 Å². The number of nitrogens with zero attached hydrogens (tertiary/aromatic N) is 1. The van der Waals surface area contributed by atoms with Crippen molar-refractivity contribution in [2.45, 2.75) is 44.0 Å². The zero-order chi connectivity index (χ0) is 23.8. The minimum atomic E-state index is -0.777. The summed E-state index contributed by atoms with van der Waals surface area (Å²) in [7, 11) is 0. The molecule has 7 heteroatoms. The van der Waals surface area contributed by atoms with Crippen molar-refractivity contribution in [3.8, 4) is 11.1 Å². The average molecular weight is 467 g/mol. The number of fused-ring (bicyclic) bond motifs is 1. The highest BCUT2D eigenvalue weighted by atomic mass is 19.1. The molecule has 4 atom stereocenters. The van der Waals surface area contributed by atoms with Gasteiger partial charge in [-0.15, -0.1) is 0 Å². The first-order valence-corrected chi connectivity index (χ1v) is 11.4. The third kappa shape index (κ3) is 4.53. The number of rotatable bonds is 5. The molecule has 176 valence electrons. The van der Waals surface area contributed by atoms with Crippen LogP contribution in [0.4, 0.5) is 18.0 Å². The molecule has 0 aromatic heterocycles.